The molecule has 3 rings (SSSR count). The van der Waals surface area contributed by atoms with Gasteiger partial charge in [-0.3, -0.25) is 4.79 Å². The van der Waals surface area contributed by atoms with Crippen molar-refractivity contribution >= 4 is 50.0 Å². The van der Waals surface area contributed by atoms with E-state index in [1.54, 1.807) is 24.0 Å². The molecule has 1 amide bonds. The highest BCUT2D eigenvalue weighted by molar-refractivity contribution is 8.16. The number of hydrogen-bond acceptors (Lipinski definition) is 4. The number of alkyl halides is 1. The van der Waals surface area contributed by atoms with Crippen LogP contribution in [0.2, 0.25) is 0 Å². The lowest BCUT2D eigenvalue weighted by Gasteiger charge is -2.24. The molecule has 124 valence electrons. The molecular formula is C14H14ClFN2O3S2. The van der Waals surface area contributed by atoms with Crippen LogP contribution in [-0.2, 0) is 14.6 Å². The molecule has 0 bridgehead atoms. The number of halogens is 2. The van der Waals surface area contributed by atoms with E-state index in [-0.39, 0.29) is 34.5 Å². The molecule has 0 aromatic heterocycles. The van der Waals surface area contributed by atoms with Crippen molar-refractivity contribution in [3.05, 3.63) is 29.6 Å². The summed E-state index contributed by atoms with van der Waals surface area (Å²) in [6.45, 7) is 1.65. The van der Waals surface area contributed by atoms with Gasteiger partial charge in [0.2, 0.25) is 0 Å². The molecule has 5 nitrogen and oxygen atoms in total. The normalized spacial score (nSPS) is 27.4. The second-order valence-corrected chi connectivity index (χ2v) is 9.15. The molecule has 23 heavy (non-hydrogen) atoms. The molecule has 1 aromatic carbocycles. The Morgan fingerprint density at radius 3 is 2.87 bits per heavy atom. The van der Waals surface area contributed by atoms with E-state index in [1.807, 2.05) is 0 Å². The van der Waals surface area contributed by atoms with Gasteiger partial charge in [-0.2, -0.15) is 4.99 Å². The molecule has 2 heterocycles. The van der Waals surface area contributed by atoms with Crippen LogP contribution in [-0.4, -0.2) is 48.2 Å². The van der Waals surface area contributed by atoms with Gasteiger partial charge >= 0.3 is 0 Å². The fraction of sp³-hybridized carbons (Fsp3) is 0.429. The van der Waals surface area contributed by atoms with Crippen molar-refractivity contribution in [1.29, 1.82) is 0 Å². The molecule has 1 aromatic rings. The predicted molar refractivity (Wildman–Crippen MR) is 90.6 cm³/mol. The van der Waals surface area contributed by atoms with E-state index < -0.39 is 15.7 Å². The SMILES string of the molecule is Cc1ccc(N2C(=NC(=O)CCl)S[C@H]3CS(=O)(=O)C[C@@H]32)cc1F. The highest BCUT2D eigenvalue weighted by atomic mass is 35.5. The van der Waals surface area contributed by atoms with Gasteiger partial charge in [0, 0.05) is 10.9 Å². The zero-order valence-electron chi connectivity index (χ0n) is 12.2. The van der Waals surface area contributed by atoms with Gasteiger partial charge in [-0.1, -0.05) is 17.8 Å². The molecule has 0 unspecified atom stereocenters. The quantitative estimate of drug-likeness (QED) is 0.738. The van der Waals surface area contributed by atoms with Gasteiger partial charge in [0.05, 0.1) is 17.5 Å². The average molecular weight is 377 g/mol. The van der Waals surface area contributed by atoms with Crippen molar-refractivity contribution in [1.82, 2.24) is 0 Å². The van der Waals surface area contributed by atoms with Crippen LogP contribution in [0, 0.1) is 12.7 Å². The number of sulfone groups is 1. The molecule has 2 saturated heterocycles. The van der Waals surface area contributed by atoms with Crippen LogP contribution in [0.5, 0.6) is 0 Å². The number of benzene rings is 1. The fourth-order valence-corrected chi connectivity index (χ4v) is 6.73. The van der Waals surface area contributed by atoms with E-state index >= 15 is 0 Å². The first kappa shape index (κ1) is 16.7. The summed E-state index contributed by atoms with van der Waals surface area (Å²) < 4.78 is 37.7. The maximum atomic E-state index is 13.9. The topological polar surface area (TPSA) is 66.8 Å². The minimum absolute atomic E-state index is 0.0290. The number of amides is 1. The molecule has 0 saturated carbocycles. The third-order valence-electron chi connectivity index (χ3n) is 3.83. The van der Waals surface area contributed by atoms with E-state index in [9.17, 15) is 17.6 Å². The van der Waals surface area contributed by atoms with Gasteiger partial charge < -0.3 is 4.90 Å². The highest BCUT2D eigenvalue weighted by Crippen LogP contribution is 2.41. The van der Waals surface area contributed by atoms with Crippen LogP contribution in [0.15, 0.2) is 23.2 Å². The third kappa shape index (κ3) is 3.25. The number of carbonyl (C=O) groups excluding carboxylic acids is 1. The van der Waals surface area contributed by atoms with Crippen LogP contribution in [0.1, 0.15) is 5.56 Å². The van der Waals surface area contributed by atoms with Crippen molar-refractivity contribution in [3.63, 3.8) is 0 Å². The second-order valence-electron chi connectivity index (χ2n) is 5.53. The Morgan fingerprint density at radius 2 is 2.22 bits per heavy atom. The Kier molecular flexibility index (Phi) is 4.41. The number of nitrogens with zero attached hydrogens (tertiary/aromatic N) is 2. The third-order valence-corrected chi connectivity index (χ3v) is 7.27. The molecule has 2 aliphatic rings. The lowest BCUT2D eigenvalue weighted by atomic mass is 10.1. The first-order chi connectivity index (χ1) is 10.8. The Morgan fingerprint density at radius 1 is 1.48 bits per heavy atom. The van der Waals surface area contributed by atoms with Crippen LogP contribution in [0.25, 0.3) is 0 Å². The molecular weight excluding hydrogens is 363 g/mol. The number of aryl methyl sites for hydroxylation is 1. The van der Waals surface area contributed by atoms with E-state index in [0.717, 1.165) is 0 Å². The van der Waals surface area contributed by atoms with E-state index in [2.05, 4.69) is 4.99 Å². The fourth-order valence-electron chi connectivity index (χ4n) is 2.73. The van der Waals surface area contributed by atoms with Crippen LogP contribution < -0.4 is 4.90 Å². The zero-order chi connectivity index (χ0) is 16.8. The maximum absolute atomic E-state index is 13.9. The summed E-state index contributed by atoms with van der Waals surface area (Å²) in [6.07, 6.45) is 0. The summed E-state index contributed by atoms with van der Waals surface area (Å²) in [4.78, 5) is 17.2. The number of rotatable bonds is 2. The Hall–Kier alpha value is -1.12. The van der Waals surface area contributed by atoms with Crippen LogP contribution in [0.4, 0.5) is 10.1 Å². The van der Waals surface area contributed by atoms with Crippen LogP contribution >= 0.6 is 23.4 Å². The Labute approximate surface area is 142 Å². The van der Waals surface area contributed by atoms with E-state index in [1.165, 1.54) is 17.8 Å². The van der Waals surface area contributed by atoms with Crippen molar-refractivity contribution in [2.24, 2.45) is 4.99 Å². The number of amidine groups is 1. The van der Waals surface area contributed by atoms with Crippen molar-refractivity contribution in [2.75, 3.05) is 22.3 Å². The van der Waals surface area contributed by atoms with E-state index in [4.69, 9.17) is 11.6 Å². The summed E-state index contributed by atoms with van der Waals surface area (Å²) in [5.41, 5.74) is 0.984. The summed E-state index contributed by atoms with van der Waals surface area (Å²) in [7, 11) is -3.14. The monoisotopic (exact) mass is 376 g/mol. The summed E-state index contributed by atoms with van der Waals surface area (Å²) >= 11 is 6.73. The van der Waals surface area contributed by atoms with Crippen molar-refractivity contribution in [3.8, 4) is 0 Å². The number of fused-ring (bicyclic) bond motifs is 1. The molecule has 2 atom stereocenters. The lowest BCUT2D eigenvalue weighted by molar-refractivity contribution is -0.115. The first-order valence-electron chi connectivity index (χ1n) is 6.90. The van der Waals surface area contributed by atoms with Crippen molar-refractivity contribution in [2.45, 2.75) is 18.2 Å². The van der Waals surface area contributed by atoms with Gasteiger partial charge in [-0.25, -0.2) is 12.8 Å². The second kappa shape index (κ2) is 6.07. The predicted octanol–water partition coefficient (Wildman–Crippen LogP) is 1.97. The Balaban J connectivity index is 2.04. The lowest BCUT2D eigenvalue weighted by Crippen LogP contribution is -2.37. The summed E-state index contributed by atoms with van der Waals surface area (Å²) in [5.74, 6) is -1.15. The van der Waals surface area contributed by atoms with Gasteiger partial charge in [-0.15, -0.1) is 11.6 Å². The minimum Gasteiger partial charge on any atom is -0.315 e. The molecule has 0 spiro atoms. The molecule has 0 N–H and O–H groups in total. The number of aliphatic imine (C=N–C) groups is 1. The maximum Gasteiger partial charge on any atom is 0.262 e. The molecule has 0 radical (unpaired) electrons. The smallest absolute Gasteiger partial charge is 0.262 e. The van der Waals surface area contributed by atoms with Gasteiger partial charge in [0.15, 0.2) is 15.0 Å². The van der Waals surface area contributed by atoms with Gasteiger partial charge in [0.1, 0.15) is 11.7 Å². The Bertz CT molecular complexity index is 797. The molecule has 9 heteroatoms. The average Bonchev–Trinajstić information content (AvgIpc) is 2.93. The number of thioether (sulfide) groups is 1. The number of carbonyl (C=O) groups is 1. The molecule has 2 aliphatic heterocycles. The molecule has 0 aliphatic carbocycles. The summed E-state index contributed by atoms with van der Waals surface area (Å²) in [6, 6.07) is 4.30. The van der Waals surface area contributed by atoms with Crippen LogP contribution in [0.3, 0.4) is 0 Å². The van der Waals surface area contributed by atoms with Crippen molar-refractivity contribution < 1.29 is 17.6 Å². The summed E-state index contributed by atoms with van der Waals surface area (Å²) in [5, 5.41) is 0.162. The van der Waals surface area contributed by atoms with Gasteiger partial charge in [0.25, 0.3) is 5.91 Å². The minimum atomic E-state index is -3.14. The largest absolute Gasteiger partial charge is 0.315 e. The number of anilines is 1. The molecule has 2 fully saturated rings. The first-order valence-corrected chi connectivity index (χ1v) is 10.1. The standard InChI is InChI=1S/C14H14ClFN2O3S2/c1-8-2-3-9(4-10(8)16)18-11-6-23(20,21)7-12(11)22-14(18)17-13(19)5-15/h2-4,11-12H,5-7H2,1H3/t11-,12-/m0/s1. The highest BCUT2D eigenvalue weighted by Gasteiger charge is 2.49. The van der Waals surface area contributed by atoms with Gasteiger partial charge in [-0.05, 0) is 24.6 Å². The number of hydrogen-bond donors (Lipinski definition) is 0. The van der Waals surface area contributed by atoms with E-state index in [0.29, 0.717) is 16.4 Å². The zero-order valence-corrected chi connectivity index (χ0v) is 14.6.